The molecule has 0 aromatic carbocycles. The predicted octanol–water partition coefficient (Wildman–Crippen LogP) is 2.22. The summed E-state index contributed by atoms with van der Waals surface area (Å²) < 4.78 is 43.6. The van der Waals surface area contributed by atoms with E-state index in [0.717, 1.165) is 0 Å². The molecule has 0 aromatic rings. The van der Waals surface area contributed by atoms with Crippen LogP contribution >= 0.6 is 0 Å². The highest BCUT2D eigenvalue weighted by molar-refractivity contribution is 5.72. The smallest absolute Gasteiger partial charge is 0.422 e. The monoisotopic (exact) mass is 256 g/mol. The lowest BCUT2D eigenvalue weighted by Gasteiger charge is -2.07. The van der Waals surface area contributed by atoms with E-state index < -0.39 is 24.7 Å². The van der Waals surface area contributed by atoms with Crippen molar-refractivity contribution in [1.82, 2.24) is 0 Å². The standard InChI is InChI=1S/C10H15F3O4/c1-2-6-16-8(14)4-3-5-9(15)17-7-10(11,12)13/h2-7H2,1H3. The maximum absolute atomic E-state index is 11.7. The second-order valence-corrected chi connectivity index (χ2v) is 3.35. The van der Waals surface area contributed by atoms with E-state index in [9.17, 15) is 22.8 Å². The molecule has 0 bridgehead atoms. The molecule has 0 saturated carbocycles. The lowest BCUT2D eigenvalue weighted by Crippen LogP contribution is -2.20. The highest BCUT2D eigenvalue weighted by Gasteiger charge is 2.29. The van der Waals surface area contributed by atoms with Crippen molar-refractivity contribution in [3.8, 4) is 0 Å². The molecule has 7 heteroatoms. The summed E-state index contributed by atoms with van der Waals surface area (Å²) in [6.07, 6.45) is -3.92. The van der Waals surface area contributed by atoms with Crippen molar-refractivity contribution in [3.63, 3.8) is 0 Å². The molecular weight excluding hydrogens is 241 g/mol. The number of alkyl halides is 3. The molecule has 0 fully saturated rings. The van der Waals surface area contributed by atoms with Crippen LogP contribution in [0.1, 0.15) is 32.6 Å². The molecule has 0 aliphatic heterocycles. The Bertz CT molecular complexity index is 250. The molecular formula is C10H15F3O4. The average Bonchev–Trinajstić information content (AvgIpc) is 2.22. The first kappa shape index (κ1) is 15.7. The van der Waals surface area contributed by atoms with Crippen molar-refractivity contribution in [2.75, 3.05) is 13.2 Å². The van der Waals surface area contributed by atoms with Gasteiger partial charge in [0.15, 0.2) is 6.61 Å². The molecule has 0 heterocycles. The number of hydrogen-bond acceptors (Lipinski definition) is 4. The van der Waals surface area contributed by atoms with Crippen LogP contribution in [0.15, 0.2) is 0 Å². The summed E-state index contributed by atoms with van der Waals surface area (Å²) in [6.45, 7) is 0.547. The van der Waals surface area contributed by atoms with E-state index in [1.165, 1.54) is 0 Å². The first-order valence-corrected chi connectivity index (χ1v) is 5.23. The zero-order valence-electron chi connectivity index (χ0n) is 9.51. The minimum Gasteiger partial charge on any atom is -0.466 e. The van der Waals surface area contributed by atoms with Gasteiger partial charge < -0.3 is 9.47 Å². The summed E-state index contributed by atoms with van der Waals surface area (Å²) in [4.78, 5) is 21.8. The third-order valence-corrected chi connectivity index (χ3v) is 1.63. The van der Waals surface area contributed by atoms with Crippen LogP contribution in [-0.2, 0) is 19.1 Å². The van der Waals surface area contributed by atoms with Gasteiger partial charge in [-0.15, -0.1) is 0 Å². The number of hydrogen-bond donors (Lipinski definition) is 0. The van der Waals surface area contributed by atoms with Gasteiger partial charge >= 0.3 is 18.1 Å². The predicted molar refractivity (Wildman–Crippen MR) is 52.1 cm³/mol. The Balaban J connectivity index is 3.54. The quantitative estimate of drug-likeness (QED) is 0.655. The highest BCUT2D eigenvalue weighted by Crippen LogP contribution is 2.15. The summed E-state index contributed by atoms with van der Waals surface area (Å²) in [5.74, 6) is -1.43. The first-order valence-electron chi connectivity index (χ1n) is 5.23. The third-order valence-electron chi connectivity index (χ3n) is 1.63. The topological polar surface area (TPSA) is 52.6 Å². The van der Waals surface area contributed by atoms with E-state index in [4.69, 9.17) is 4.74 Å². The lowest BCUT2D eigenvalue weighted by molar-refractivity contribution is -0.186. The van der Waals surface area contributed by atoms with Crippen LogP contribution < -0.4 is 0 Å². The first-order chi connectivity index (χ1) is 7.85. The molecule has 0 unspecified atom stereocenters. The van der Waals surface area contributed by atoms with Crippen LogP contribution in [0.2, 0.25) is 0 Å². The summed E-state index contributed by atoms with van der Waals surface area (Å²) in [5, 5.41) is 0. The van der Waals surface area contributed by atoms with E-state index in [0.29, 0.717) is 13.0 Å². The molecule has 0 rings (SSSR count). The Morgan fingerprint density at radius 2 is 1.59 bits per heavy atom. The van der Waals surface area contributed by atoms with E-state index in [1.807, 2.05) is 6.92 Å². The van der Waals surface area contributed by atoms with Crippen molar-refractivity contribution in [3.05, 3.63) is 0 Å². The van der Waals surface area contributed by atoms with Crippen LogP contribution in [0, 0.1) is 0 Å². The van der Waals surface area contributed by atoms with Gasteiger partial charge in [-0.05, 0) is 12.8 Å². The molecule has 0 amide bonds. The maximum Gasteiger partial charge on any atom is 0.422 e. The average molecular weight is 256 g/mol. The van der Waals surface area contributed by atoms with Crippen LogP contribution in [0.3, 0.4) is 0 Å². The van der Waals surface area contributed by atoms with Gasteiger partial charge in [-0.3, -0.25) is 9.59 Å². The van der Waals surface area contributed by atoms with Gasteiger partial charge in [0.05, 0.1) is 6.61 Å². The number of carbonyl (C=O) groups excluding carboxylic acids is 2. The molecule has 0 N–H and O–H groups in total. The van der Waals surface area contributed by atoms with E-state index >= 15 is 0 Å². The summed E-state index contributed by atoms with van der Waals surface area (Å²) in [7, 11) is 0. The molecule has 17 heavy (non-hydrogen) atoms. The SMILES string of the molecule is CCCOC(=O)CCCC(=O)OCC(F)(F)F. The number of halogens is 3. The van der Waals surface area contributed by atoms with Gasteiger partial charge in [-0.1, -0.05) is 6.92 Å². The zero-order chi connectivity index (χ0) is 13.3. The minimum atomic E-state index is -4.52. The van der Waals surface area contributed by atoms with Crippen molar-refractivity contribution in [2.24, 2.45) is 0 Å². The Morgan fingerprint density at radius 3 is 2.06 bits per heavy atom. The fourth-order valence-corrected chi connectivity index (χ4v) is 0.900. The summed E-state index contributed by atoms with van der Waals surface area (Å²) in [5.41, 5.74) is 0. The Kier molecular flexibility index (Phi) is 7.32. The number of rotatable bonds is 7. The van der Waals surface area contributed by atoms with Crippen LogP contribution in [-0.4, -0.2) is 31.3 Å². The highest BCUT2D eigenvalue weighted by atomic mass is 19.4. The van der Waals surface area contributed by atoms with Gasteiger partial charge in [0.1, 0.15) is 0 Å². The normalized spacial score (nSPS) is 11.1. The second-order valence-electron chi connectivity index (χ2n) is 3.35. The fraction of sp³-hybridized carbons (Fsp3) is 0.800. The summed E-state index contributed by atoms with van der Waals surface area (Å²) >= 11 is 0. The van der Waals surface area contributed by atoms with E-state index in [-0.39, 0.29) is 19.3 Å². The maximum atomic E-state index is 11.7. The van der Waals surface area contributed by atoms with Crippen molar-refractivity contribution in [1.29, 1.82) is 0 Å². The van der Waals surface area contributed by atoms with Crippen molar-refractivity contribution in [2.45, 2.75) is 38.8 Å². The molecule has 0 radical (unpaired) electrons. The largest absolute Gasteiger partial charge is 0.466 e. The van der Waals surface area contributed by atoms with Crippen LogP contribution in [0.4, 0.5) is 13.2 Å². The second kappa shape index (κ2) is 7.92. The molecule has 0 spiro atoms. The summed E-state index contributed by atoms with van der Waals surface area (Å²) in [6, 6.07) is 0. The number of carbonyl (C=O) groups is 2. The number of esters is 2. The van der Waals surface area contributed by atoms with Crippen molar-refractivity contribution >= 4 is 11.9 Å². The Morgan fingerprint density at radius 1 is 1.06 bits per heavy atom. The van der Waals surface area contributed by atoms with Crippen LogP contribution in [0.25, 0.3) is 0 Å². The Hall–Kier alpha value is -1.27. The Labute approximate surface area is 97.1 Å². The molecule has 0 atom stereocenters. The van der Waals surface area contributed by atoms with E-state index in [2.05, 4.69) is 4.74 Å². The molecule has 0 aliphatic carbocycles. The van der Waals surface area contributed by atoms with Crippen molar-refractivity contribution < 1.29 is 32.2 Å². The minimum absolute atomic E-state index is 0.00111. The molecule has 0 aliphatic rings. The van der Waals surface area contributed by atoms with Gasteiger partial charge in [0.2, 0.25) is 0 Å². The lowest BCUT2D eigenvalue weighted by atomic mass is 10.2. The van der Waals surface area contributed by atoms with Crippen LogP contribution in [0.5, 0.6) is 0 Å². The zero-order valence-corrected chi connectivity index (χ0v) is 9.51. The van der Waals surface area contributed by atoms with Gasteiger partial charge in [-0.25, -0.2) is 0 Å². The fourth-order valence-electron chi connectivity index (χ4n) is 0.900. The van der Waals surface area contributed by atoms with Gasteiger partial charge in [0.25, 0.3) is 0 Å². The van der Waals surface area contributed by atoms with Gasteiger partial charge in [-0.2, -0.15) is 13.2 Å². The molecule has 100 valence electrons. The number of ether oxygens (including phenoxy) is 2. The van der Waals surface area contributed by atoms with Gasteiger partial charge in [0, 0.05) is 12.8 Å². The van der Waals surface area contributed by atoms with E-state index in [1.54, 1.807) is 0 Å². The third kappa shape index (κ3) is 11.0. The molecule has 0 aromatic heterocycles. The molecule has 4 nitrogen and oxygen atoms in total. The molecule has 0 saturated heterocycles.